The van der Waals surface area contributed by atoms with E-state index in [2.05, 4.69) is 5.32 Å². The number of nitro groups is 1. The Balaban J connectivity index is 1.91. The summed E-state index contributed by atoms with van der Waals surface area (Å²) in [6.45, 7) is 0. The molecule has 8 heteroatoms. The molecule has 158 valence electrons. The summed E-state index contributed by atoms with van der Waals surface area (Å²) in [6, 6.07) is 19.4. The summed E-state index contributed by atoms with van der Waals surface area (Å²) in [5.74, 6) is 0.310. The SMILES string of the molecule is COc1ccccc1N1C(=O)c2ccccc2NC1c1ccc(N(C)C)c([N+](=O)[O-])c1. The first-order valence-corrected chi connectivity index (χ1v) is 9.70. The second-order valence-electron chi connectivity index (χ2n) is 7.34. The second-order valence-corrected chi connectivity index (χ2v) is 7.34. The van der Waals surface area contributed by atoms with Crippen molar-refractivity contribution in [1.82, 2.24) is 0 Å². The van der Waals surface area contributed by atoms with Crippen LogP contribution in [0.3, 0.4) is 0 Å². The average Bonchev–Trinajstić information content (AvgIpc) is 2.78. The number of ether oxygens (including phenoxy) is 1. The molecule has 31 heavy (non-hydrogen) atoms. The summed E-state index contributed by atoms with van der Waals surface area (Å²) in [4.78, 5) is 28.1. The molecule has 1 aliphatic rings. The van der Waals surface area contributed by atoms with E-state index in [1.807, 2.05) is 24.3 Å². The van der Waals surface area contributed by atoms with E-state index in [-0.39, 0.29) is 11.6 Å². The lowest BCUT2D eigenvalue weighted by molar-refractivity contribution is -0.384. The minimum atomic E-state index is -0.659. The van der Waals surface area contributed by atoms with Crippen molar-refractivity contribution in [1.29, 1.82) is 0 Å². The summed E-state index contributed by atoms with van der Waals surface area (Å²) in [5, 5.41) is 15.1. The maximum absolute atomic E-state index is 13.6. The zero-order valence-electron chi connectivity index (χ0n) is 17.4. The van der Waals surface area contributed by atoms with Gasteiger partial charge in [-0.3, -0.25) is 19.8 Å². The molecular formula is C23H22N4O4. The van der Waals surface area contributed by atoms with Crippen LogP contribution >= 0.6 is 0 Å². The predicted octanol–water partition coefficient (Wildman–Crippen LogP) is 4.44. The molecule has 1 heterocycles. The van der Waals surface area contributed by atoms with E-state index < -0.39 is 11.1 Å². The molecule has 1 unspecified atom stereocenters. The number of nitrogens with zero attached hydrogens (tertiary/aromatic N) is 3. The molecule has 0 aromatic heterocycles. The fourth-order valence-corrected chi connectivity index (χ4v) is 3.80. The van der Waals surface area contributed by atoms with Crippen LogP contribution in [0.25, 0.3) is 0 Å². The van der Waals surface area contributed by atoms with Crippen molar-refractivity contribution in [3.8, 4) is 5.75 Å². The number of benzene rings is 3. The van der Waals surface area contributed by atoms with Gasteiger partial charge in [0.2, 0.25) is 0 Å². The van der Waals surface area contributed by atoms with E-state index in [4.69, 9.17) is 4.74 Å². The van der Waals surface area contributed by atoms with E-state index in [9.17, 15) is 14.9 Å². The van der Waals surface area contributed by atoms with Gasteiger partial charge in [-0.25, -0.2) is 0 Å². The second kappa shape index (κ2) is 7.98. The third kappa shape index (κ3) is 3.52. The molecule has 3 aromatic carbocycles. The smallest absolute Gasteiger partial charge is 0.292 e. The van der Waals surface area contributed by atoms with Crippen molar-refractivity contribution in [2.24, 2.45) is 0 Å². The molecule has 0 saturated heterocycles. The molecule has 3 aromatic rings. The molecule has 1 N–H and O–H groups in total. The third-order valence-electron chi connectivity index (χ3n) is 5.27. The Morgan fingerprint density at radius 1 is 1.06 bits per heavy atom. The molecule has 0 spiro atoms. The number of carbonyl (C=O) groups excluding carboxylic acids is 1. The highest BCUT2D eigenvalue weighted by Gasteiger charge is 2.36. The first kappa shape index (κ1) is 20.2. The van der Waals surface area contributed by atoms with Gasteiger partial charge in [-0.05, 0) is 30.3 Å². The van der Waals surface area contributed by atoms with Gasteiger partial charge in [-0.1, -0.05) is 30.3 Å². The van der Waals surface area contributed by atoms with Gasteiger partial charge in [0.15, 0.2) is 0 Å². The van der Waals surface area contributed by atoms with Crippen molar-refractivity contribution in [2.45, 2.75) is 6.17 Å². The number of amides is 1. The standard InChI is InChI=1S/C23H22N4O4/c1-25(2)18-13-12-15(14-20(18)27(29)30)22-24-17-9-5-4-8-16(17)23(28)26(22)19-10-6-7-11-21(19)31-3/h4-14,22,24H,1-3H3. The molecule has 8 nitrogen and oxygen atoms in total. The maximum atomic E-state index is 13.6. The number of rotatable bonds is 5. The van der Waals surface area contributed by atoms with Gasteiger partial charge >= 0.3 is 0 Å². The molecular weight excluding hydrogens is 396 g/mol. The van der Waals surface area contributed by atoms with E-state index in [0.29, 0.717) is 33.9 Å². The highest BCUT2D eigenvalue weighted by atomic mass is 16.6. The molecule has 4 rings (SSSR count). The van der Waals surface area contributed by atoms with E-state index in [1.165, 1.54) is 6.07 Å². The monoisotopic (exact) mass is 418 g/mol. The molecule has 1 aliphatic heterocycles. The number of nitro benzene ring substituents is 1. The fraction of sp³-hybridized carbons (Fsp3) is 0.174. The Kier molecular flexibility index (Phi) is 5.21. The Morgan fingerprint density at radius 2 is 1.77 bits per heavy atom. The Labute approximate surface area is 179 Å². The lowest BCUT2D eigenvalue weighted by atomic mass is 10.0. The van der Waals surface area contributed by atoms with E-state index >= 15 is 0 Å². The van der Waals surface area contributed by atoms with Gasteiger partial charge in [-0.2, -0.15) is 0 Å². The molecule has 0 saturated carbocycles. The lowest BCUT2D eigenvalue weighted by Crippen LogP contribution is -2.43. The molecule has 1 amide bonds. The Hall–Kier alpha value is -4.07. The summed E-state index contributed by atoms with van der Waals surface area (Å²) in [6.07, 6.45) is -0.659. The highest BCUT2D eigenvalue weighted by molar-refractivity contribution is 6.12. The van der Waals surface area contributed by atoms with Crippen molar-refractivity contribution in [2.75, 3.05) is 36.3 Å². The van der Waals surface area contributed by atoms with Crippen LogP contribution in [0, 0.1) is 10.1 Å². The number of methoxy groups -OCH3 is 1. The van der Waals surface area contributed by atoms with Crippen LogP contribution in [0.2, 0.25) is 0 Å². The van der Waals surface area contributed by atoms with Crippen molar-refractivity contribution < 1.29 is 14.5 Å². The largest absolute Gasteiger partial charge is 0.495 e. The minimum absolute atomic E-state index is 0.0319. The molecule has 1 atom stereocenters. The van der Waals surface area contributed by atoms with Gasteiger partial charge in [-0.15, -0.1) is 0 Å². The molecule has 0 bridgehead atoms. The first-order valence-electron chi connectivity index (χ1n) is 9.70. The van der Waals surface area contributed by atoms with Crippen LogP contribution in [0.1, 0.15) is 22.1 Å². The number of para-hydroxylation sites is 3. The van der Waals surface area contributed by atoms with Crippen LogP contribution in [-0.2, 0) is 0 Å². The lowest BCUT2D eigenvalue weighted by Gasteiger charge is -2.38. The Bertz CT molecular complexity index is 1160. The predicted molar refractivity (Wildman–Crippen MR) is 120 cm³/mol. The normalized spacial score (nSPS) is 15.1. The minimum Gasteiger partial charge on any atom is -0.495 e. The summed E-state index contributed by atoms with van der Waals surface area (Å²) < 4.78 is 5.50. The number of fused-ring (bicyclic) bond motifs is 1. The number of carbonyl (C=O) groups is 1. The molecule has 0 radical (unpaired) electrons. The zero-order chi connectivity index (χ0) is 22.1. The number of hydrogen-bond acceptors (Lipinski definition) is 6. The van der Waals surface area contributed by atoms with Gasteiger partial charge in [0.1, 0.15) is 17.6 Å². The van der Waals surface area contributed by atoms with E-state index in [1.54, 1.807) is 67.4 Å². The zero-order valence-corrected chi connectivity index (χ0v) is 17.4. The topological polar surface area (TPSA) is 88.0 Å². The maximum Gasteiger partial charge on any atom is 0.292 e. The van der Waals surface area contributed by atoms with Crippen molar-refractivity contribution >= 4 is 28.7 Å². The van der Waals surface area contributed by atoms with Gasteiger partial charge in [0.05, 0.1) is 23.3 Å². The fourth-order valence-electron chi connectivity index (χ4n) is 3.80. The van der Waals surface area contributed by atoms with Crippen LogP contribution in [-0.4, -0.2) is 32.0 Å². The summed E-state index contributed by atoms with van der Waals surface area (Å²) in [5.41, 5.74) is 2.80. The van der Waals surface area contributed by atoms with Crippen molar-refractivity contribution in [3.05, 3.63) is 88.0 Å². The summed E-state index contributed by atoms with van der Waals surface area (Å²) >= 11 is 0. The van der Waals surface area contributed by atoms with Gasteiger partial charge in [0.25, 0.3) is 11.6 Å². The van der Waals surface area contributed by atoms with Gasteiger partial charge < -0.3 is 15.0 Å². The molecule has 0 aliphatic carbocycles. The number of anilines is 3. The van der Waals surface area contributed by atoms with E-state index in [0.717, 1.165) is 0 Å². The van der Waals surface area contributed by atoms with Crippen LogP contribution in [0.5, 0.6) is 5.75 Å². The third-order valence-corrected chi connectivity index (χ3v) is 5.27. The number of hydrogen-bond donors (Lipinski definition) is 1. The van der Waals surface area contributed by atoms with Gasteiger partial charge in [0, 0.05) is 31.4 Å². The van der Waals surface area contributed by atoms with Crippen LogP contribution in [0.15, 0.2) is 66.7 Å². The quantitative estimate of drug-likeness (QED) is 0.487. The van der Waals surface area contributed by atoms with Crippen molar-refractivity contribution in [3.63, 3.8) is 0 Å². The average molecular weight is 418 g/mol. The molecule has 0 fully saturated rings. The Morgan fingerprint density at radius 3 is 2.48 bits per heavy atom. The number of nitrogens with one attached hydrogen (secondary N) is 1. The summed E-state index contributed by atoms with van der Waals surface area (Å²) in [7, 11) is 5.05. The highest BCUT2D eigenvalue weighted by Crippen LogP contribution is 2.41. The van der Waals surface area contributed by atoms with Crippen LogP contribution < -0.4 is 19.9 Å². The first-order chi connectivity index (χ1) is 14.9. The van der Waals surface area contributed by atoms with Crippen LogP contribution in [0.4, 0.5) is 22.7 Å².